The fourth-order valence-corrected chi connectivity index (χ4v) is 2.27. The van der Waals surface area contributed by atoms with Crippen molar-refractivity contribution in [1.82, 2.24) is 0 Å². The van der Waals surface area contributed by atoms with Crippen molar-refractivity contribution in [2.75, 3.05) is 11.1 Å². The summed E-state index contributed by atoms with van der Waals surface area (Å²) in [5.74, 6) is 0.652. The molecule has 0 saturated carbocycles. The molecule has 18 heavy (non-hydrogen) atoms. The van der Waals surface area contributed by atoms with E-state index in [-0.39, 0.29) is 4.75 Å². The Kier molecular flexibility index (Phi) is 5.08. The molecule has 0 radical (unpaired) electrons. The summed E-state index contributed by atoms with van der Waals surface area (Å²) in [6.07, 6.45) is 0. The molecule has 1 unspecified atom stereocenters. The number of nitrogens with one attached hydrogen (secondary N) is 1. The van der Waals surface area contributed by atoms with Crippen LogP contribution in [0.2, 0.25) is 0 Å². The topological polar surface area (TPSA) is 55.1 Å². The van der Waals surface area contributed by atoms with Gasteiger partial charge in [0.05, 0.1) is 0 Å². The Bertz CT molecular complexity index is 395. The maximum Gasteiger partial charge on any atom is 0.248 e. The molecule has 4 heteroatoms. The molecule has 1 rings (SSSR count). The van der Waals surface area contributed by atoms with E-state index in [2.05, 4.69) is 33.0 Å². The molecule has 0 bridgehead atoms. The Morgan fingerprint density at radius 3 is 2.33 bits per heavy atom. The van der Waals surface area contributed by atoms with Crippen LogP contribution in [0.5, 0.6) is 0 Å². The number of primary amides is 1. The summed E-state index contributed by atoms with van der Waals surface area (Å²) in [5, 5.41) is 3.41. The molecule has 0 aliphatic rings. The average molecular weight is 266 g/mol. The highest BCUT2D eigenvalue weighted by molar-refractivity contribution is 8.00. The number of carbonyl (C=O) groups is 1. The predicted molar refractivity (Wildman–Crippen MR) is 80.3 cm³/mol. The molecule has 1 amide bonds. The summed E-state index contributed by atoms with van der Waals surface area (Å²) < 4.78 is 0.283. The SMILES string of the molecule is CC(CSC(C)(C)C)Nc1ccc(C(N)=O)cc1. The average Bonchev–Trinajstić information content (AvgIpc) is 2.26. The third kappa shape index (κ3) is 5.45. The van der Waals surface area contributed by atoms with Crippen LogP contribution in [0.4, 0.5) is 5.69 Å². The zero-order valence-electron chi connectivity index (χ0n) is 11.5. The van der Waals surface area contributed by atoms with Crippen molar-refractivity contribution >= 4 is 23.4 Å². The first-order valence-electron chi connectivity index (χ1n) is 6.08. The zero-order chi connectivity index (χ0) is 13.8. The molecule has 0 aromatic heterocycles. The molecule has 0 spiro atoms. The third-order valence-electron chi connectivity index (χ3n) is 2.35. The Hall–Kier alpha value is -1.16. The van der Waals surface area contributed by atoms with Crippen LogP contribution in [0.25, 0.3) is 0 Å². The van der Waals surface area contributed by atoms with E-state index in [1.165, 1.54) is 0 Å². The molecule has 0 heterocycles. The Labute approximate surface area is 114 Å². The van der Waals surface area contributed by atoms with E-state index in [1.807, 2.05) is 23.9 Å². The van der Waals surface area contributed by atoms with Crippen LogP contribution in [0, 0.1) is 0 Å². The lowest BCUT2D eigenvalue weighted by Crippen LogP contribution is -2.21. The van der Waals surface area contributed by atoms with E-state index in [4.69, 9.17) is 5.73 Å². The van der Waals surface area contributed by atoms with Gasteiger partial charge in [0.1, 0.15) is 0 Å². The molecule has 3 nitrogen and oxygen atoms in total. The Balaban J connectivity index is 2.49. The number of hydrogen-bond acceptors (Lipinski definition) is 3. The van der Waals surface area contributed by atoms with Crippen molar-refractivity contribution in [3.05, 3.63) is 29.8 Å². The minimum Gasteiger partial charge on any atom is -0.382 e. The fraction of sp³-hybridized carbons (Fsp3) is 0.500. The molecule has 1 aromatic carbocycles. The second kappa shape index (κ2) is 6.14. The monoisotopic (exact) mass is 266 g/mol. The van der Waals surface area contributed by atoms with Gasteiger partial charge in [-0.15, -0.1) is 0 Å². The van der Waals surface area contributed by atoms with E-state index in [0.29, 0.717) is 11.6 Å². The minimum absolute atomic E-state index is 0.283. The molecular formula is C14H22N2OS. The molecule has 3 N–H and O–H groups in total. The summed E-state index contributed by atoms with van der Waals surface area (Å²) >= 11 is 1.93. The number of thioether (sulfide) groups is 1. The smallest absolute Gasteiger partial charge is 0.248 e. The van der Waals surface area contributed by atoms with Gasteiger partial charge in [-0.3, -0.25) is 4.79 Å². The number of benzene rings is 1. The van der Waals surface area contributed by atoms with Crippen molar-refractivity contribution in [3.63, 3.8) is 0 Å². The molecular weight excluding hydrogens is 244 g/mol. The van der Waals surface area contributed by atoms with Gasteiger partial charge in [0.25, 0.3) is 0 Å². The van der Waals surface area contributed by atoms with E-state index in [9.17, 15) is 4.79 Å². The van der Waals surface area contributed by atoms with Gasteiger partial charge < -0.3 is 11.1 Å². The van der Waals surface area contributed by atoms with Crippen LogP contribution in [0.1, 0.15) is 38.1 Å². The van der Waals surface area contributed by atoms with Crippen molar-refractivity contribution in [2.45, 2.75) is 38.5 Å². The van der Waals surface area contributed by atoms with Gasteiger partial charge in [-0.05, 0) is 31.2 Å². The van der Waals surface area contributed by atoms with Gasteiger partial charge in [0.2, 0.25) is 5.91 Å². The number of carbonyl (C=O) groups excluding carboxylic acids is 1. The number of hydrogen-bond donors (Lipinski definition) is 2. The van der Waals surface area contributed by atoms with Gasteiger partial charge in [0.15, 0.2) is 0 Å². The largest absolute Gasteiger partial charge is 0.382 e. The molecule has 0 aliphatic heterocycles. The summed E-state index contributed by atoms with van der Waals surface area (Å²) in [7, 11) is 0. The van der Waals surface area contributed by atoms with Crippen LogP contribution in [0.15, 0.2) is 24.3 Å². The summed E-state index contributed by atoms with van der Waals surface area (Å²) in [4.78, 5) is 10.9. The van der Waals surface area contributed by atoms with Crippen LogP contribution in [-0.2, 0) is 0 Å². The highest BCUT2D eigenvalue weighted by Gasteiger charge is 2.12. The Morgan fingerprint density at radius 2 is 1.89 bits per heavy atom. The second-order valence-electron chi connectivity index (χ2n) is 5.41. The lowest BCUT2D eigenvalue weighted by atomic mass is 10.2. The molecule has 1 aromatic rings. The van der Waals surface area contributed by atoms with E-state index in [0.717, 1.165) is 11.4 Å². The maximum absolute atomic E-state index is 10.9. The van der Waals surface area contributed by atoms with Crippen LogP contribution in [-0.4, -0.2) is 22.4 Å². The summed E-state index contributed by atoms with van der Waals surface area (Å²) in [5.41, 5.74) is 6.75. The quantitative estimate of drug-likeness (QED) is 0.861. The first kappa shape index (κ1) is 14.9. The molecule has 0 fully saturated rings. The molecule has 0 aliphatic carbocycles. The van der Waals surface area contributed by atoms with Crippen molar-refractivity contribution in [3.8, 4) is 0 Å². The van der Waals surface area contributed by atoms with Gasteiger partial charge in [-0.2, -0.15) is 11.8 Å². The van der Waals surface area contributed by atoms with Crippen molar-refractivity contribution < 1.29 is 4.79 Å². The van der Waals surface area contributed by atoms with E-state index in [1.54, 1.807) is 12.1 Å². The predicted octanol–water partition coefficient (Wildman–Crippen LogP) is 3.12. The molecule has 100 valence electrons. The van der Waals surface area contributed by atoms with Gasteiger partial charge in [0, 0.05) is 27.8 Å². The van der Waals surface area contributed by atoms with Crippen LogP contribution >= 0.6 is 11.8 Å². The van der Waals surface area contributed by atoms with Crippen molar-refractivity contribution in [1.29, 1.82) is 0 Å². The van der Waals surface area contributed by atoms with Crippen LogP contribution in [0.3, 0.4) is 0 Å². The Morgan fingerprint density at radius 1 is 1.33 bits per heavy atom. The second-order valence-corrected chi connectivity index (χ2v) is 7.26. The van der Waals surface area contributed by atoms with Gasteiger partial charge in [-0.25, -0.2) is 0 Å². The summed E-state index contributed by atoms with van der Waals surface area (Å²) in [6, 6.07) is 7.65. The highest BCUT2D eigenvalue weighted by atomic mass is 32.2. The minimum atomic E-state index is -0.391. The van der Waals surface area contributed by atoms with E-state index < -0.39 is 5.91 Å². The maximum atomic E-state index is 10.9. The van der Waals surface area contributed by atoms with Gasteiger partial charge >= 0.3 is 0 Å². The van der Waals surface area contributed by atoms with Gasteiger partial charge in [-0.1, -0.05) is 20.8 Å². The zero-order valence-corrected chi connectivity index (χ0v) is 12.3. The number of rotatable bonds is 5. The van der Waals surface area contributed by atoms with Crippen LogP contribution < -0.4 is 11.1 Å². The van der Waals surface area contributed by atoms with E-state index >= 15 is 0 Å². The number of anilines is 1. The normalized spacial score (nSPS) is 13.1. The number of nitrogens with two attached hydrogens (primary N) is 1. The summed E-state index contributed by atoms with van der Waals surface area (Å²) in [6.45, 7) is 8.80. The first-order chi connectivity index (χ1) is 8.28. The lowest BCUT2D eigenvalue weighted by molar-refractivity contribution is 0.100. The standard InChI is InChI=1S/C14H22N2OS/c1-10(9-18-14(2,3)4)16-12-7-5-11(6-8-12)13(15)17/h5-8,10,16H,9H2,1-4H3,(H2,15,17). The lowest BCUT2D eigenvalue weighted by Gasteiger charge is -2.22. The molecule has 0 saturated heterocycles. The fourth-order valence-electron chi connectivity index (χ4n) is 1.43. The van der Waals surface area contributed by atoms with Crippen molar-refractivity contribution in [2.24, 2.45) is 5.73 Å². The highest BCUT2D eigenvalue weighted by Crippen LogP contribution is 2.24. The molecule has 1 atom stereocenters. The first-order valence-corrected chi connectivity index (χ1v) is 7.07. The third-order valence-corrected chi connectivity index (χ3v) is 3.88. The number of amides is 1.